The van der Waals surface area contributed by atoms with Crippen LogP contribution in [-0.2, 0) is 41.8 Å². The highest BCUT2D eigenvalue weighted by Gasteiger charge is 2.52. The summed E-state index contributed by atoms with van der Waals surface area (Å²) in [6.45, 7) is 3.24. The Labute approximate surface area is 330 Å². The highest BCUT2D eigenvalue weighted by molar-refractivity contribution is 5.92. The standard InChI is InChI=1S/C45H48N4O8/c1-3-30(26-8-4-5-9-26)44(54)56-36-21-34-40(53)39-35(52)20-29(23-50)55-42(39)38-33(19-24-7-6-10-28(51)18-24)31-15-16-48-43(47)32(31)13-12-27(45(36,2)57-41(34)38)17-25-11-14-37(46)49-22-25/h3,6-7,10-11,14-16,18,20,22,26-27,33,36,50-51,53H,4-5,8-9,12-13,17,19,21,23H2,1-2H3,(H2,46,49)(H2,47,48). The van der Waals surface area contributed by atoms with Crippen molar-refractivity contribution in [1.29, 1.82) is 0 Å². The molecule has 1 fully saturated rings. The lowest BCUT2D eigenvalue weighted by molar-refractivity contribution is -0.165. The number of aliphatic hydroxyl groups is 1. The van der Waals surface area contributed by atoms with E-state index < -0.39 is 35.6 Å². The monoisotopic (exact) mass is 772 g/mol. The van der Waals surface area contributed by atoms with Crippen LogP contribution in [0.2, 0.25) is 0 Å². The molecule has 1 aliphatic carbocycles. The Bertz CT molecular complexity index is 2440. The fraction of sp³-hybridized carbons (Fsp3) is 0.378. The number of hydrogen-bond donors (Lipinski definition) is 5. The summed E-state index contributed by atoms with van der Waals surface area (Å²) in [7, 11) is 0. The molecule has 57 heavy (non-hydrogen) atoms. The van der Waals surface area contributed by atoms with Crippen LogP contribution in [0.4, 0.5) is 11.6 Å². The van der Waals surface area contributed by atoms with Crippen molar-refractivity contribution in [2.75, 3.05) is 11.5 Å². The van der Waals surface area contributed by atoms with E-state index in [1.807, 2.05) is 38.1 Å². The number of nitrogens with zero attached hydrogens (tertiary/aromatic N) is 2. The Morgan fingerprint density at radius 2 is 1.82 bits per heavy atom. The molecule has 0 saturated heterocycles. The van der Waals surface area contributed by atoms with Gasteiger partial charge in [-0.05, 0) is 105 Å². The molecule has 12 heteroatoms. The lowest BCUT2D eigenvalue weighted by Crippen LogP contribution is -2.57. The van der Waals surface area contributed by atoms with Gasteiger partial charge in [-0.3, -0.25) is 4.79 Å². The first-order valence-electron chi connectivity index (χ1n) is 19.7. The number of phenols is 2. The molecule has 2 aliphatic heterocycles. The molecule has 5 aromatic rings. The van der Waals surface area contributed by atoms with Crippen LogP contribution < -0.4 is 21.6 Å². The second-order valence-corrected chi connectivity index (χ2v) is 15.8. The number of esters is 1. The fourth-order valence-corrected chi connectivity index (χ4v) is 9.47. The first-order valence-corrected chi connectivity index (χ1v) is 19.7. The van der Waals surface area contributed by atoms with E-state index in [2.05, 4.69) is 9.97 Å². The van der Waals surface area contributed by atoms with Crippen molar-refractivity contribution in [2.45, 2.75) is 95.9 Å². The van der Waals surface area contributed by atoms with Crippen molar-refractivity contribution in [2.24, 2.45) is 11.8 Å². The van der Waals surface area contributed by atoms with Gasteiger partial charge < -0.3 is 40.7 Å². The van der Waals surface area contributed by atoms with Crippen molar-refractivity contribution in [3.05, 3.63) is 122 Å². The van der Waals surface area contributed by atoms with E-state index >= 15 is 0 Å². The maximum atomic E-state index is 14.3. The van der Waals surface area contributed by atoms with Crippen LogP contribution in [-0.4, -0.2) is 43.0 Å². The van der Waals surface area contributed by atoms with Crippen molar-refractivity contribution in [3.8, 4) is 17.2 Å². The Kier molecular flexibility index (Phi) is 10.2. The SMILES string of the molecule is CC=C(C(=O)OC1Cc2c3c(c4oc(CO)cc(=O)c4c2O)C(Cc2cccc(O)c2)c2ccnc(N)c2CCC(Cc2ccc(N)nc2)C1(C)O3)C1CCCC1. The Morgan fingerprint density at radius 1 is 1.02 bits per heavy atom. The molecule has 12 nitrogen and oxygen atoms in total. The number of phenolic OH excluding ortho intramolecular Hbond substituents is 2. The lowest BCUT2D eigenvalue weighted by Gasteiger charge is -2.48. The maximum Gasteiger partial charge on any atom is 0.334 e. The third-order valence-corrected chi connectivity index (χ3v) is 12.5. The Hall–Kier alpha value is -5.88. The summed E-state index contributed by atoms with van der Waals surface area (Å²) in [6, 6.07) is 13.7. The van der Waals surface area contributed by atoms with Crippen LogP contribution in [0.3, 0.4) is 0 Å². The highest BCUT2D eigenvalue weighted by atomic mass is 16.6. The van der Waals surface area contributed by atoms with Crippen LogP contribution in [0.25, 0.3) is 11.0 Å². The molecule has 4 unspecified atom stereocenters. The van der Waals surface area contributed by atoms with Gasteiger partial charge in [0, 0.05) is 53.4 Å². The number of hydrogen-bond acceptors (Lipinski definition) is 12. The summed E-state index contributed by atoms with van der Waals surface area (Å²) in [6.07, 6.45) is 9.99. The summed E-state index contributed by atoms with van der Waals surface area (Å²) in [5, 5.41) is 32.9. The smallest absolute Gasteiger partial charge is 0.334 e. The average molecular weight is 773 g/mol. The number of anilines is 2. The zero-order chi connectivity index (χ0) is 40.0. The Balaban J connectivity index is 1.41. The number of allylic oxidation sites excluding steroid dienone is 1. The average Bonchev–Trinajstić information content (AvgIpc) is 3.72. The number of nitrogens with two attached hydrogens (primary N) is 2. The van der Waals surface area contributed by atoms with Gasteiger partial charge in [0.2, 0.25) is 0 Å². The molecular formula is C45H48N4O8. The molecular weight excluding hydrogens is 725 g/mol. The van der Waals surface area contributed by atoms with Crippen LogP contribution in [0.1, 0.15) is 91.0 Å². The van der Waals surface area contributed by atoms with Gasteiger partial charge in [-0.1, -0.05) is 37.1 Å². The van der Waals surface area contributed by atoms with Gasteiger partial charge in [0.25, 0.3) is 0 Å². The van der Waals surface area contributed by atoms with Gasteiger partial charge in [0.1, 0.15) is 63.9 Å². The van der Waals surface area contributed by atoms with E-state index in [9.17, 15) is 24.9 Å². The quantitative estimate of drug-likeness (QED) is 0.0839. The minimum atomic E-state index is -1.22. The first-order chi connectivity index (χ1) is 27.5. The predicted octanol–water partition coefficient (Wildman–Crippen LogP) is 6.57. The van der Waals surface area contributed by atoms with E-state index in [-0.39, 0.29) is 46.5 Å². The third kappa shape index (κ3) is 6.96. The summed E-state index contributed by atoms with van der Waals surface area (Å²) in [5.41, 5.74) is 15.7. The molecule has 8 rings (SSSR count). The van der Waals surface area contributed by atoms with E-state index in [4.69, 9.17) is 25.4 Å². The number of nitrogen functional groups attached to an aromatic ring is 2. The molecule has 0 radical (unpaired) electrons. The summed E-state index contributed by atoms with van der Waals surface area (Å²) >= 11 is 0. The van der Waals surface area contributed by atoms with Crippen molar-refractivity contribution >= 4 is 28.6 Å². The number of ether oxygens (including phenoxy) is 2. The number of carbonyl (C=O) groups excluding carboxylic acids is 1. The molecule has 2 aromatic carbocycles. The number of carbonyl (C=O) groups is 1. The van der Waals surface area contributed by atoms with Crippen LogP contribution >= 0.6 is 0 Å². The normalized spacial score (nSPS) is 22.2. The topological polar surface area (TPSA) is 204 Å². The highest BCUT2D eigenvalue weighted by Crippen LogP contribution is 2.54. The van der Waals surface area contributed by atoms with Crippen LogP contribution in [0, 0.1) is 11.8 Å². The molecule has 4 atom stereocenters. The molecule has 0 spiro atoms. The van der Waals surface area contributed by atoms with E-state index in [0.717, 1.165) is 47.9 Å². The largest absolute Gasteiger partial charge is 0.508 e. The molecule has 5 heterocycles. The second-order valence-electron chi connectivity index (χ2n) is 15.8. The number of rotatable bonds is 8. The number of benzene rings is 2. The van der Waals surface area contributed by atoms with Gasteiger partial charge >= 0.3 is 5.97 Å². The maximum absolute atomic E-state index is 14.3. The van der Waals surface area contributed by atoms with Gasteiger partial charge in [-0.2, -0.15) is 0 Å². The van der Waals surface area contributed by atoms with Crippen LogP contribution in [0.15, 0.2) is 81.8 Å². The predicted molar refractivity (Wildman–Crippen MR) is 215 cm³/mol. The molecule has 3 aromatic heterocycles. The first kappa shape index (κ1) is 38.0. The lowest BCUT2D eigenvalue weighted by atomic mass is 9.71. The molecule has 1 saturated carbocycles. The molecule has 2 bridgehead atoms. The fourth-order valence-electron chi connectivity index (χ4n) is 9.47. The zero-order valence-electron chi connectivity index (χ0n) is 32.2. The number of fused-ring (bicyclic) bond motifs is 4. The number of pyridine rings is 2. The minimum absolute atomic E-state index is 0.00988. The van der Waals surface area contributed by atoms with E-state index in [1.165, 1.54) is 6.07 Å². The van der Waals surface area contributed by atoms with Crippen molar-refractivity contribution in [3.63, 3.8) is 0 Å². The third-order valence-electron chi connectivity index (χ3n) is 12.5. The summed E-state index contributed by atoms with van der Waals surface area (Å²) in [5.74, 6) is -0.508. The van der Waals surface area contributed by atoms with Gasteiger partial charge in [-0.25, -0.2) is 14.8 Å². The van der Waals surface area contributed by atoms with Crippen molar-refractivity contribution < 1.29 is 34.0 Å². The summed E-state index contributed by atoms with van der Waals surface area (Å²) < 4.78 is 20.3. The molecule has 7 N–H and O–H groups in total. The minimum Gasteiger partial charge on any atom is -0.508 e. The van der Waals surface area contributed by atoms with Crippen molar-refractivity contribution in [1.82, 2.24) is 9.97 Å². The van der Waals surface area contributed by atoms with Gasteiger partial charge in [0.15, 0.2) is 5.43 Å². The zero-order valence-corrected chi connectivity index (χ0v) is 32.2. The van der Waals surface area contributed by atoms with E-state index in [0.29, 0.717) is 59.8 Å². The number of aromatic hydroxyl groups is 2. The molecule has 3 aliphatic rings. The van der Waals surface area contributed by atoms with E-state index in [1.54, 1.807) is 36.7 Å². The number of aliphatic hydroxyl groups excluding tert-OH is 1. The van der Waals surface area contributed by atoms with Gasteiger partial charge in [-0.15, -0.1) is 0 Å². The van der Waals surface area contributed by atoms with Crippen LogP contribution in [0.5, 0.6) is 17.2 Å². The summed E-state index contributed by atoms with van der Waals surface area (Å²) in [4.78, 5) is 37.1. The molecule has 296 valence electrons. The van der Waals surface area contributed by atoms with Gasteiger partial charge in [0.05, 0.1) is 0 Å². The second kappa shape index (κ2) is 15.2. The molecule has 0 amide bonds. The Morgan fingerprint density at radius 3 is 2.54 bits per heavy atom. The number of aromatic nitrogens is 2.